The highest BCUT2D eigenvalue weighted by molar-refractivity contribution is 7.15. The van der Waals surface area contributed by atoms with E-state index in [4.69, 9.17) is 4.74 Å². The lowest BCUT2D eigenvalue weighted by atomic mass is 9.82. The Labute approximate surface area is 190 Å². The molecule has 31 heavy (non-hydrogen) atoms. The van der Waals surface area contributed by atoms with Crippen molar-refractivity contribution in [1.29, 1.82) is 0 Å². The van der Waals surface area contributed by atoms with Gasteiger partial charge >= 0.3 is 11.9 Å². The van der Waals surface area contributed by atoms with E-state index in [1.54, 1.807) is 4.58 Å². The maximum absolute atomic E-state index is 13.7. The third kappa shape index (κ3) is 6.27. The number of esters is 1. The second kappa shape index (κ2) is 10.1. The molecule has 0 radical (unpaired) electrons. The largest absolute Gasteiger partial charge is 0.465 e. The van der Waals surface area contributed by atoms with Crippen molar-refractivity contribution in [3.63, 3.8) is 0 Å². The zero-order chi connectivity index (χ0) is 22.6. The van der Waals surface area contributed by atoms with Crippen molar-refractivity contribution in [3.05, 3.63) is 15.8 Å². The molecule has 168 valence electrons. The zero-order valence-corrected chi connectivity index (χ0v) is 20.2. The molecule has 1 N–H and O–H groups in total. The number of hydrogen-bond acceptors (Lipinski definition) is 5. The van der Waals surface area contributed by atoms with E-state index in [9.17, 15) is 9.59 Å². The summed E-state index contributed by atoms with van der Waals surface area (Å²) >= 11 is 1.31. The summed E-state index contributed by atoms with van der Waals surface area (Å²) in [5.74, 6) is 7.03. The molecular formula is C25H35N2O3S+. The molecular weight excluding hydrogens is 408 g/mol. The fourth-order valence-corrected chi connectivity index (χ4v) is 5.02. The maximum atomic E-state index is 13.7. The third-order valence-corrected chi connectivity index (χ3v) is 6.98. The minimum Gasteiger partial charge on any atom is -0.465 e. The molecule has 2 aliphatic rings. The summed E-state index contributed by atoms with van der Waals surface area (Å²) in [5, 5.41) is 3.36. The fraction of sp³-hybridized carbons (Fsp3) is 0.640. The summed E-state index contributed by atoms with van der Waals surface area (Å²) < 4.78 is 6.81. The van der Waals surface area contributed by atoms with E-state index >= 15 is 0 Å². The first kappa shape index (κ1) is 23.7. The third-order valence-electron chi connectivity index (χ3n) is 5.96. The molecule has 1 saturated heterocycles. The van der Waals surface area contributed by atoms with Gasteiger partial charge in [-0.15, -0.1) is 15.9 Å². The standard InChI is InChI=1S/C25H35N2O3S/c1-17-6-8-19(9-7-17)23(28)27(16-18-11-13-26-15-18)21-14-20(10-12-25(2,3)4)31-22(21)24(29)30-5/h14,16-19,26H,6-9,11,13,15H2,1-5H3/q+1. The predicted molar refractivity (Wildman–Crippen MR) is 125 cm³/mol. The summed E-state index contributed by atoms with van der Waals surface area (Å²) in [6.07, 6.45) is 6.97. The van der Waals surface area contributed by atoms with E-state index < -0.39 is 5.97 Å². The van der Waals surface area contributed by atoms with Crippen LogP contribution in [0.4, 0.5) is 5.69 Å². The number of rotatable bonds is 4. The minimum absolute atomic E-state index is 0.00341. The first-order valence-electron chi connectivity index (χ1n) is 11.3. The average Bonchev–Trinajstić information content (AvgIpc) is 3.39. The SMILES string of the molecule is COC(=O)c1sc(C#CC(C)(C)C)cc1[N+](=CC1CCNC1)C(=O)C1CCC(C)CC1. The Balaban J connectivity index is 2.04. The Bertz CT molecular complexity index is 899. The van der Waals surface area contributed by atoms with Crippen molar-refractivity contribution in [3.8, 4) is 11.8 Å². The van der Waals surface area contributed by atoms with Crippen LogP contribution in [0.15, 0.2) is 6.07 Å². The van der Waals surface area contributed by atoms with Crippen LogP contribution in [-0.4, -0.2) is 42.9 Å². The molecule has 1 aromatic rings. The Kier molecular flexibility index (Phi) is 7.72. The van der Waals surface area contributed by atoms with Crippen molar-refractivity contribution in [1.82, 2.24) is 5.32 Å². The number of methoxy groups -OCH3 is 1. The van der Waals surface area contributed by atoms with Crippen molar-refractivity contribution in [2.45, 2.75) is 59.8 Å². The van der Waals surface area contributed by atoms with E-state index in [-0.39, 0.29) is 23.2 Å². The number of thiophene rings is 1. The second-order valence-corrected chi connectivity index (χ2v) is 10.9. The number of carbonyl (C=O) groups excluding carboxylic acids is 2. The van der Waals surface area contributed by atoms with Gasteiger partial charge in [0.25, 0.3) is 0 Å². The molecule has 1 unspecified atom stereocenters. The summed E-state index contributed by atoms with van der Waals surface area (Å²) in [6.45, 7) is 10.2. The van der Waals surface area contributed by atoms with Gasteiger partial charge in [-0.2, -0.15) is 0 Å². The van der Waals surface area contributed by atoms with Crippen LogP contribution in [-0.2, 0) is 9.53 Å². The predicted octanol–water partition coefficient (Wildman–Crippen LogP) is 4.61. The number of hydrogen-bond donors (Lipinski definition) is 1. The van der Waals surface area contributed by atoms with E-state index in [0.717, 1.165) is 50.1 Å². The van der Waals surface area contributed by atoms with Crippen LogP contribution in [0, 0.1) is 35.0 Å². The normalized spacial score (nSPS) is 24.4. The monoisotopic (exact) mass is 443 g/mol. The van der Waals surface area contributed by atoms with Crippen molar-refractivity contribution < 1.29 is 18.9 Å². The van der Waals surface area contributed by atoms with Crippen molar-refractivity contribution in [2.75, 3.05) is 20.2 Å². The Hall–Kier alpha value is -1.97. The molecule has 5 nitrogen and oxygen atoms in total. The highest BCUT2D eigenvalue weighted by Gasteiger charge is 2.37. The van der Waals surface area contributed by atoms with Gasteiger partial charge in [-0.3, -0.25) is 0 Å². The Morgan fingerprint density at radius 1 is 1.23 bits per heavy atom. The average molecular weight is 444 g/mol. The number of nitrogens with one attached hydrogen (secondary N) is 1. The first-order valence-corrected chi connectivity index (χ1v) is 12.1. The van der Waals surface area contributed by atoms with Crippen molar-refractivity contribution in [2.24, 2.45) is 23.2 Å². The van der Waals surface area contributed by atoms with Crippen LogP contribution in [0.1, 0.15) is 74.3 Å². The first-order chi connectivity index (χ1) is 14.7. The fourth-order valence-electron chi connectivity index (χ4n) is 4.10. The molecule has 2 heterocycles. The highest BCUT2D eigenvalue weighted by Crippen LogP contribution is 2.34. The lowest BCUT2D eigenvalue weighted by molar-refractivity contribution is -0.371. The number of amides is 1. The van der Waals surface area contributed by atoms with Crippen LogP contribution in [0.5, 0.6) is 0 Å². The molecule has 1 amide bonds. The van der Waals surface area contributed by atoms with Gasteiger partial charge in [0.15, 0.2) is 11.1 Å². The van der Waals surface area contributed by atoms with Gasteiger partial charge in [-0.25, -0.2) is 9.59 Å². The molecule has 2 fully saturated rings. The Morgan fingerprint density at radius 3 is 2.52 bits per heavy atom. The lowest BCUT2D eigenvalue weighted by Gasteiger charge is -2.23. The van der Waals surface area contributed by atoms with Crippen molar-refractivity contribution >= 4 is 35.1 Å². The molecule has 1 aromatic heterocycles. The molecule has 3 rings (SSSR count). The number of nitrogens with zero attached hydrogens (tertiary/aromatic N) is 1. The van der Waals surface area contributed by atoms with Gasteiger partial charge < -0.3 is 10.1 Å². The van der Waals surface area contributed by atoms with Crippen LogP contribution in [0.3, 0.4) is 0 Å². The van der Waals surface area contributed by atoms with E-state index in [1.165, 1.54) is 18.4 Å². The molecule has 1 aliphatic carbocycles. The number of ether oxygens (including phenoxy) is 1. The second-order valence-electron chi connectivity index (χ2n) is 9.88. The quantitative estimate of drug-likeness (QED) is 0.320. The summed E-state index contributed by atoms with van der Waals surface area (Å²) in [7, 11) is 1.38. The Morgan fingerprint density at radius 2 is 1.94 bits per heavy atom. The van der Waals surface area contributed by atoms with Crippen LogP contribution >= 0.6 is 11.3 Å². The molecule has 1 saturated carbocycles. The van der Waals surface area contributed by atoms with Gasteiger partial charge in [0.1, 0.15) is 0 Å². The molecule has 6 heteroatoms. The maximum Gasteiger partial charge on any atom is 0.395 e. The smallest absolute Gasteiger partial charge is 0.395 e. The van der Waals surface area contributed by atoms with Gasteiger partial charge in [0.2, 0.25) is 5.69 Å². The van der Waals surface area contributed by atoms with E-state index in [1.807, 2.05) is 12.3 Å². The minimum atomic E-state index is -0.420. The van der Waals surface area contributed by atoms with E-state index in [2.05, 4.69) is 44.9 Å². The lowest BCUT2D eigenvalue weighted by Crippen LogP contribution is -2.31. The van der Waals surface area contributed by atoms with Gasteiger partial charge in [0, 0.05) is 18.0 Å². The zero-order valence-electron chi connectivity index (χ0n) is 19.4. The topological polar surface area (TPSA) is 58.4 Å². The summed E-state index contributed by atoms with van der Waals surface area (Å²) in [6, 6.07) is 1.89. The summed E-state index contributed by atoms with van der Waals surface area (Å²) in [5.41, 5.74) is 0.469. The number of carbonyl (C=O) groups is 2. The van der Waals surface area contributed by atoms with Crippen LogP contribution in [0.2, 0.25) is 0 Å². The molecule has 0 aromatic carbocycles. The molecule has 1 aliphatic heterocycles. The van der Waals surface area contributed by atoms with Crippen LogP contribution < -0.4 is 5.32 Å². The molecule has 1 atom stereocenters. The molecule has 0 bridgehead atoms. The van der Waals surface area contributed by atoms with Gasteiger partial charge in [-0.05, 0) is 65.3 Å². The van der Waals surface area contributed by atoms with E-state index in [0.29, 0.717) is 16.5 Å². The highest BCUT2D eigenvalue weighted by atomic mass is 32.1. The van der Waals surface area contributed by atoms with Gasteiger partial charge in [0.05, 0.1) is 23.8 Å². The molecule has 0 spiro atoms. The van der Waals surface area contributed by atoms with Gasteiger partial charge in [-0.1, -0.05) is 18.8 Å². The summed E-state index contributed by atoms with van der Waals surface area (Å²) in [4.78, 5) is 27.5. The van der Waals surface area contributed by atoms with Crippen LogP contribution in [0.25, 0.3) is 0 Å².